The molecular formula is C20H31N4O2S+. The van der Waals surface area contributed by atoms with Crippen LogP contribution in [-0.2, 0) is 6.54 Å². The summed E-state index contributed by atoms with van der Waals surface area (Å²) in [5, 5.41) is 4.69. The first-order chi connectivity index (χ1) is 13.0. The number of aromatic nitrogens is 1. The lowest BCUT2D eigenvalue weighted by atomic mass is 10.1. The quantitative estimate of drug-likeness (QED) is 0.560. The van der Waals surface area contributed by atoms with Crippen LogP contribution in [0.25, 0.3) is 10.9 Å². The van der Waals surface area contributed by atoms with Gasteiger partial charge in [0.15, 0.2) is 5.11 Å². The number of H-pyrrole nitrogens is 1. The number of nitrogens with one attached hydrogen (secondary N) is 3. The van der Waals surface area contributed by atoms with E-state index in [1.165, 1.54) is 0 Å². The van der Waals surface area contributed by atoms with Crippen LogP contribution in [0.3, 0.4) is 0 Å². The number of thiocarbonyl (C=S) groups is 1. The van der Waals surface area contributed by atoms with Gasteiger partial charge in [-0.3, -0.25) is 4.79 Å². The Bertz CT molecular complexity index is 817. The Balaban J connectivity index is 2.17. The summed E-state index contributed by atoms with van der Waals surface area (Å²) in [6.07, 6.45) is 1.03. The van der Waals surface area contributed by atoms with E-state index in [4.69, 9.17) is 17.0 Å². The lowest BCUT2D eigenvalue weighted by Gasteiger charge is -2.25. The number of nitrogens with zero attached hydrogens (tertiary/aromatic N) is 1. The summed E-state index contributed by atoms with van der Waals surface area (Å²) in [6, 6.07) is 7.63. The first-order valence-electron chi connectivity index (χ1n) is 9.52. The molecule has 0 aliphatic carbocycles. The fourth-order valence-electron chi connectivity index (χ4n) is 3.21. The van der Waals surface area contributed by atoms with Gasteiger partial charge in [-0.1, -0.05) is 0 Å². The highest BCUT2D eigenvalue weighted by Gasteiger charge is 2.14. The molecule has 0 bridgehead atoms. The number of hydrogen-bond donors (Lipinski definition) is 3. The van der Waals surface area contributed by atoms with Crippen LogP contribution in [0.15, 0.2) is 29.1 Å². The molecule has 0 amide bonds. The Hall–Kier alpha value is -2.12. The third-order valence-corrected chi connectivity index (χ3v) is 5.41. The van der Waals surface area contributed by atoms with Gasteiger partial charge in [-0.15, -0.1) is 0 Å². The van der Waals surface area contributed by atoms with Crippen molar-refractivity contribution in [3.05, 3.63) is 40.2 Å². The van der Waals surface area contributed by atoms with Crippen LogP contribution in [0.2, 0.25) is 0 Å². The standard InChI is InChI=1S/C20H30N4O2S/c1-5-23(6-2)10-7-11-24(20(27)21-3)14-16-12-15-8-9-17(26-4)13-18(15)22-19(16)25/h8-9,12-13H,5-7,10-11,14H2,1-4H3,(H,21,27)(H,22,25)/p+1. The summed E-state index contributed by atoms with van der Waals surface area (Å²) in [7, 11) is 3.44. The molecule has 0 spiro atoms. The van der Waals surface area contributed by atoms with Gasteiger partial charge in [-0.25, -0.2) is 0 Å². The summed E-state index contributed by atoms with van der Waals surface area (Å²) in [5.74, 6) is 0.725. The number of fused-ring (bicyclic) bond motifs is 1. The summed E-state index contributed by atoms with van der Waals surface area (Å²) in [5.41, 5.74) is 1.39. The molecule has 0 saturated carbocycles. The summed E-state index contributed by atoms with van der Waals surface area (Å²) in [4.78, 5) is 19.2. The fraction of sp³-hybridized carbons (Fsp3) is 0.500. The number of methoxy groups -OCH3 is 1. The molecule has 0 aliphatic rings. The SMILES string of the molecule is CC[NH+](CC)CCCN(Cc1cc2ccc(OC)cc2[nH]c1=O)C(=S)NC. The number of quaternary nitrogens is 1. The second kappa shape index (κ2) is 10.3. The molecule has 2 aromatic rings. The highest BCUT2D eigenvalue weighted by atomic mass is 32.1. The van der Waals surface area contributed by atoms with Crippen LogP contribution in [0.1, 0.15) is 25.8 Å². The summed E-state index contributed by atoms with van der Waals surface area (Å²) >= 11 is 5.46. The minimum absolute atomic E-state index is 0.0889. The van der Waals surface area contributed by atoms with Gasteiger partial charge in [-0.2, -0.15) is 0 Å². The highest BCUT2D eigenvalue weighted by molar-refractivity contribution is 7.80. The van der Waals surface area contributed by atoms with Gasteiger partial charge in [0.1, 0.15) is 5.75 Å². The number of pyridine rings is 1. The predicted molar refractivity (Wildman–Crippen MR) is 115 cm³/mol. The van der Waals surface area contributed by atoms with Crippen molar-refractivity contribution in [2.24, 2.45) is 0 Å². The molecule has 7 heteroatoms. The molecular weight excluding hydrogens is 360 g/mol. The van der Waals surface area contributed by atoms with E-state index in [-0.39, 0.29) is 5.56 Å². The number of aromatic amines is 1. The van der Waals surface area contributed by atoms with E-state index >= 15 is 0 Å². The lowest BCUT2D eigenvalue weighted by Crippen LogP contribution is -3.11. The molecule has 27 heavy (non-hydrogen) atoms. The average molecular weight is 392 g/mol. The van der Waals surface area contributed by atoms with Crippen molar-refractivity contribution in [3.63, 3.8) is 0 Å². The fourth-order valence-corrected chi connectivity index (χ4v) is 3.37. The van der Waals surface area contributed by atoms with Gasteiger partial charge in [0, 0.05) is 31.6 Å². The Morgan fingerprint density at radius 2 is 2.04 bits per heavy atom. The largest absolute Gasteiger partial charge is 0.497 e. The first kappa shape index (κ1) is 21.2. The molecule has 0 fully saturated rings. The van der Waals surface area contributed by atoms with Gasteiger partial charge < -0.3 is 24.8 Å². The average Bonchev–Trinajstić information content (AvgIpc) is 2.69. The molecule has 3 N–H and O–H groups in total. The van der Waals surface area contributed by atoms with E-state index in [9.17, 15) is 4.79 Å². The van der Waals surface area contributed by atoms with Crippen LogP contribution in [-0.4, -0.2) is 55.3 Å². The van der Waals surface area contributed by atoms with Gasteiger partial charge in [0.2, 0.25) is 0 Å². The molecule has 0 aliphatic heterocycles. The third kappa shape index (κ3) is 5.68. The van der Waals surface area contributed by atoms with Gasteiger partial charge >= 0.3 is 0 Å². The predicted octanol–water partition coefficient (Wildman–Crippen LogP) is 1.16. The van der Waals surface area contributed by atoms with E-state index in [1.54, 1.807) is 12.0 Å². The van der Waals surface area contributed by atoms with Crippen molar-refractivity contribution in [2.45, 2.75) is 26.8 Å². The van der Waals surface area contributed by atoms with Crippen LogP contribution < -0.4 is 20.5 Å². The maximum atomic E-state index is 12.6. The topological polar surface area (TPSA) is 61.8 Å². The van der Waals surface area contributed by atoms with Crippen molar-refractivity contribution in [3.8, 4) is 5.75 Å². The zero-order chi connectivity index (χ0) is 19.8. The van der Waals surface area contributed by atoms with Gasteiger partial charge in [0.25, 0.3) is 5.56 Å². The van der Waals surface area contributed by atoms with Crippen LogP contribution >= 0.6 is 12.2 Å². The lowest BCUT2D eigenvalue weighted by molar-refractivity contribution is -0.896. The van der Waals surface area contributed by atoms with E-state index < -0.39 is 0 Å². The van der Waals surface area contributed by atoms with E-state index in [0.29, 0.717) is 17.2 Å². The second-order valence-corrected chi connectivity index (χ2v) is 7.00. The first-order valence-corrected chi connectivity index (χ1v) is 9.93. The number of hydrogen-bond acceptors (Lipinski definition) is 3. The van der Waals surface area contributed by atoms with Crippen LogP contribution in [0.4, 0.5) is 0 Å². The smallest absolute Gasteiger partial charge is 0.253 e. The number of rotatable bonds is 9. The third-order valence-electron chi connectivity index (χ3n) is 4.95. The molecule has 1 aromatic carbocycles. The monoisotopic (exact) mass is 391 g/mol. The Morgan fingerprint density at radius 1 is 1.30 bits per heavy atom. The van der Waals surface area contributed by atoms with E-state index in [2.05, 4.69) is 29.0 Å². The summed E-state index contributed by atoms with van der Waals surface area (Å²) < 4.78 is 5.23. The Kier molecular flexibility index (Phi) is 8.06. The minimum atomic E-state index is -0.0889. The van der Waals surface area contributed by atoms with Crippen molar-refractivity contribution in [2.75, 3.05) is 40.3 Å². The van der Waals surface area contributed by atoms with Crippen molar-refractivity contribution in [1.82, 2.24) is 15.2 Å². The molecule has 1 aromatic heterocycles. The highest BCUT2D eigenvalue weighted by Crippen LogP contribution is 2.19. The van der Waals surface area contributed by atoms with E-state index in [1.807, 2.05) is 31.3 Å². The molecule has 2 rings (SSSR count). The normalized spacial score (nSPS) is 11.0. The van der Waals surface area contributed by atoms with Crippen molar-refractivity contribution in [1.29, 1.82) is 0 Å². The molecule has 0 radical (unpaired) electrons. The van der Waals surface area contributed by atoms with Crippen molar-refractivity contribution >= 4 is 28.2 Å². The molecule has 0 saturated heterocycles. The molecule has 0 atom stereocenters. The molecule has 1 heterocycles. The van der Waals surface area contributed by atoms with Crippen LogP contribution in [0.5, 0.6) is 5.75 Å². The van der Waals surface area contributed by atoms with Crippen molar-refractivity contribution < 1.29 is 9.64 Å². The maximum absolute atomic E-state index is 12.6. The minimum Gasteiger partial charge on any atom is -0.497 e. The zero-order valence-electron chi connectivity index (χ0n) is 16.7. The molecule has 0 unspecified atom stereocenters. The molecule has 148 valence electrons. The van der Waals surface area contributed by atoms with Gasteiger partial charge in [-0.05, 0) is 49.7 Å². The Labute approximate surface area is 166 Å². The molecule has 6 nitrogen and oxygen atoms in total. The zero-order valence-corrected chi connectivity index (χ0v) is 17.5. The van der Waals surface area contributed by atoms with E-state index in [0.717, 1.165) is 49.3 Å². The Morgan fingerprint density at radius 3 is 2.67 bits per heavy atom. The summed E-state index contributed by atoms with van der Waals surface area (Å²) in [6.45, 7) is 9.08. The second-order valence-electron chi connectivity index (χ2n) is 6.61. The maximum Gasteiger partial charge on any atom is 0.253 e. The number of benzene rings is 1. The van der Waals surface area contributed by atoms with Gasteiger partial charge in [0.05, 0.1) is 38.8 Å². The number of ether oxygens (including phenoxy) is 1. The van der Waals surface area contributed by atoms with Crippen LogP contribution in [0, 0.1) is 0 Å².